The molecule has 4 nitrogen and oxygen atoms in total. The van der Waals surface area contributed by atoms with E-state index in [1.54, 1.807) is 18.5 Å². The minimum absolute atomic E-state index is 0.0469. The third kappa shape index (κ3) is 2.59. The molecule has 0 atom stereocenters. The van der Waals surface area contributed by atoms with Crippen molar-refractivity contribution in [2.75, 3.05) is 6.61 Å². The molecule has 0 spiro atoms. The van der Waals surface area contributed by atoms with Gasteiger partial charge in [-0.25, -0.2) is 0 Å². The van der Waals surface area contributed by atoms with E-state index >= 15 is 0 Å². The molecule has 2 aromatic rings. The molecule has 2 heterocycles. The summed E-state index contributed by atoms with van der Waals surface area (Å²) in [5.41, 5.74) is 3.20. The van der Waals surface area contributed by atoms with Crippen LogP contribution in [0.3, 0.4) is 0 Å². The van der Waals surface area contributed by atoms with Crippen molar-refractivity contribution in [3.63, 3.8) is 0 Å². The van der Waals surface area contributed by atoms with Crippen LogP contribution in [0.2, 0.25) is 0 Å². The number of nitrogens with zero attached hydrogens (tertiary/aromatic N) is 2. The van der Waals surface area contributed by atoms with Crippen molar-refractivity contribution < 1.29 is 9.53 Å². The van der Waals surface area contributed by atoms with Crippen LogP contribution in [0.1, 0.15) is 22.3 Å². The number of fused-ring (bicyclic) bond motifs is 1. The van der Waals surface area contributed by atoms with Crippen LogP contribution in [-0.4, -0.2) is 23.1 Å². The van der Waals surface area contributed by atoms with Crippen LogP contribution in [-0.2, 0) is 0 Å². The summed E-state index contributed by atoms with van der Waals surface area (Å²) in [5.74, 6) is 0.830. The SMILES string of the molecule is Cc1ccc(OCC2=Nc3ccncc3C(=O)C2)cc1. The van der Waals surface area contributed by atoms with Crippen LogP contribution >= 0.6 is 0 Å². The molecular weight excluding hydrogens is 252 g/mol. The number of aliphatic imine (C=N–C) groups is 1. The molecule has 3 rings (SSSR count). The number of rotatable bonds is 3. The smallest absolute Gasteiger partial charge is 0.172 e. The predicted octanol–water partition coefficient (Wildman–Crippen LogP) is 3.13. The monoisotopic (exact) mass is 266 g/mol. The lowest BCUT2D eigenvalue weighted by Crippen LogP contribution is -2.19. The van der Waals surface area contributed by atoms with Gasteiger partial charge >= 0.3 is 0 Å². The van der Waals surface area contributed by atoms with E-state index in [-0.39, 0.29) is 5.78 Å². The van der Waals surface area contributed by atoms with E-state index in [1.165, 1.54) is 5.56 Å². The Labute approximate surface area is 117 Å². The Morgan fingerprint density at radius 3 is 2.80 bits per heavy atom. The van der Waals surface area contributed by atoms with Crippen LogP contribution < -0.4 is 4.74 Å². The number of ketones is 1. The fourth-order valence-corrected chi connectivity index (χ4v) is 2.07. The van der Waals surface area contributed by atoms with Gasteiger partial charge in [0.15, 0.2) is 5.78 Å². The Kier molecular flexibility index (Phi) is 3.29. The molecule has 0 saturated heterocycles. The zero-order valence-corrected chi connectivity index (χ0v) is 11.2. The molecule has 0 saturated carbocycles. The Hall–Kier alpha value is -2.49. The number of ether oxygens (including phenoxy) is 1. The molecule has 0 amide bonds. The number of hydrogen-bond acceptors (Lipinski definition) is 4. The van der Waals surface area contributed by atoms with Crippen LogP contribution in [0.5, 0.6) is 5.75 Å². The van der Waals surface area contributed by atoms with Gasteiger partial charge in [0.05, 0.1) is 23.4 Å². The Balaban J connectivity index is 1.74. The Bertz CT molecular complexity index is 675. The second kappa shape index (κ2) is 5.25. The molecule has 1 aliphatic rings. The molecule has 100 valence electrons. The summed E-state index contributed by atoms with van der Waals surface area (Å²) in [5, 5.41) is 0. The summed E-state index contributed by atoms with van der Waals surface area (Å²) in [7, 11) is 0. The largest absolute Gasteiger partial charge is 0.488 e. The summed E-state index contributed by atoms with van der Waals surface area (Å²) >= 11 is 0. The van der Waals surface area contributed by atoms with Crippen molar-refractivity contribution in [1.82, 2.24) is 4.98 Å². The first-order valence-electron chi connectivity index (χ1n) is 6.45. The second-order valence-corrected chi connectivity index (χ2v) is 4.77. The van der Waals surface area contributed by atoms with Crippen molar-refractivity contribution >= 4 is 17.2 Å². The maximum atomic E-state index is 12.0. The number of hydrogen-bond donors (Lipinski definition) is 0. The number of carbonyl (C=O) groups is 1. The molecule has 0 unspecified atom stereocenters. The molecule has 20 heavy (non-hydrogen) atoms. The van der Waals surface area contributed by atoms with Gasteiger partial charge in [0.2, 0.25) is 0 Å². The average molecular weight is 266 g/mol. The van der Waals surface area contributed by atoms with Gasteiger partial charge < -0.3 is 4.74 Å². The fourth-order valence-electron chi connectivity index (χ4n) is 2.07. The van der Waals surface area contributed by atoms with Crippen molar-refractivity contribution in [3.05, 3.63) is 53.9 Å². The summed E-state index contributed by atoms with van der Waals surface area (Å²) in [6, 6.07) is 9.56. The molecular formula is C16H14N2O2. The lowest BCUT2D eigenvalue weighted by molar-refractivity contribution is 0.0998. The van der Waals surface area contributed by atoms with Crippen LogP contribution in [0.4, 0.5) is 5.69 Å². The van der Waals surface area contributed by atoms with Crippen molar-refractivity contribution in [1.29, 1.82) is 0 Å². The minimum Gasteiger partial charge on any atom is -0.488 e. The van der Waals surface area contributed by atoms with E-state index in [0.717, 1.165) is 11.5 Å². The second-order valence-electron chi connectivity index (χ2n) is 4.77. The molecule has 0 fully saturated rings. The van der Waals surface area contributed by atoms with Gasteiger partial charge in [0.25, 0.3) is 0 Å². The van der Waals surface area contributed by atoms with Crippen LogP contribution in [0.25, 0.3) is 0 Å². The van der Waals surface area contributed by atoms with Gasteiger partial charge in [-0.15, -0.1) is 0 Å². The maximum Gasteiger partial charge on any atom is 0.172 e. The summed E-state index contributed by atoms with van der Waals surface area (Å²) in [6.45, 7) is 2.36. The zero-order chi connectivity index (χ0) is 13.9. The molecule has 0 N–H and O–H groups in total. The first-order valence-corrected chi connectivity index (χ1v) is 6.45. The highest BCUT2D eigenvalue weighted by Crippen LogP contribution is 2.24. The molecule has 4 heteroatoms. The van der Waals surface area contributed by atoms with Crippen LogP contribution in [0, 0.1) is 6.92 Å². The third-order valence-corrected chi connectivity index (χ3v) is 3.17. The van der Waals surface area contributed by atoms with E-state index in [0.29, 0.717) is 24.3 Å². The minimum atomic E-state index is 0.0469. The van der Waals surface area contributed by atoms with Crippen molar-refractivity contribution in [3.8, 4) is 5.75 Å². The summed E-state index contributed by atoms with van der Waals surface area (Å²) in [6.07, 6.45) is 3.50. The first kappa shape index (κ1) is 12.5. The highest BCUT2D eigenvalue weighted by molar-refractivity contribution is 6.15. The quantitative estimate of drug-likeness (QED) is 0.857. The number of carbonyl (C=O) groups excluding carboxylic acids is 1. The van der Waals surface area contributed by atoms with Gasteiger partial charge in [0.1, 0.15) is 12.4 Å². The van der Waals surface area contributed by atoms with E-state index < -0.39 is 0 Å². The topological polar surface area (TPSA) is 51.6 Å². The van der Waals surface area contributed by atoms with E-state index in [1.807, 2.05) is 31.2 Å². The van der Waals surface area contributed by atoms with Crippen molar-refractivity contribution in [2.45, 2.75) is 13.3 Å². The number of aromatic nitrogens is 1. The maximum absolute atomic E-state index is 12.0. The number of Topliss-reactive ketones (excluding diaryl/α,β-unsaturated/α-hetero) is 1. The lowest BCUT2D eigenvalue weighted by Gasteiger charge is -2.14. The van der Waals surface area contributed by atoms with E-state index in [9.17, 15) is 4.79 Å². The van der Waals surface area contributed by atoms with Gasteiger partial charge in [-0.1, -0.05) is 17.7 Å². The summed E-state index contributed by atoms with van der Waals surface area (Å²) < 4.78 is 5.67. The van der Waals surface area contributed by atoms with Gasteiger partial charge in [-0.05, 0) is 25.1 Å². The predicted molar refractivity (Wildman–Crippen MR) is 77.0 cm³/mol. The molecule has 0 radical (unpaired) electrons. The molecule has 0 bridgehead atoms. The highest BCUT2D eigenvalue weighted by Gasteiger charge is 2.20. The van der Waals surface area contributed by atoms with E-state index in [2.05, 4.69) is 9.98 Å². The van der Waals surface area contributed by atoms with Gasteiger partial charge in [0, 0.05) is 12.4 Å². The standard InChI is InChI=1S/C16H14N2O2/c1-11-2-4-13(5-3-11)20-10-12-8-16(19)14-9-17-7-6-15(14)18-12/h2-7,9H,8,10H2,1H3. The number of pyridine rings is 1. The molecule has 1 aliphatic heterocycles. The number of benzene rings is 1. The third-order valence-electron chi connectivity index (χ3n) is 3.17. The number of aryl methyl sites for hydroxylation is 1. The highest BCUT2D eigenvalue weighted by atomic mass is 16.5. The molecule has 0 aliphatic carbocycles. The first-order chi connectivity index (χ1) is 9.72. The fraction of sp³-hybridized carbons (Fsp3) is 0.188. The zero-order valence-electron chi connectivity index (χ0n) is 11.2. The van der Waals surface area contributed by atoms with Crippen LogP contribution in [0.15, 0.2) is 47.7 Å². The molecule has 1 aromatic heterocycles. The molecule has 1 aromatic carbocycles. The van der Waals surface area contributed by atoms with Crippen molar-refractivity contribution in [2.24, 2.45) is 4.99 Å². The summed E-state index contributed by atoms with van der Waals surface area (Å²) in [4.78, 5) is 20.4. The van der Waals surface area contributed by atoms with Gasteiger partial charge in [-0.2, -0.15) is 0 Å². The lowest BCUT2D eigenvalue weighted by atomic mass is 10.0. The normalized spacial score (nSPS) is 13.7. The Morgan fingerprint density at radius 1 is 1.20 bits per heavy atom. The van der Waals surface area contributed by atoms with E-state index in [4.69, 9.17) is 4.74 Å². The average Bonchev–Trinajstić information content (AvgIpc) is 2.47. The Morgan fingerprint density at radius 2 is 2.00 bits per heavy atom. The van der Waals surface area contributed by atoms with Gasteiger partial charge in [-0.3, -0.25) is 14.8 Å².